The lowest BCUT2D eigenvalue weighted by molar-refractivity contribution is -0.722. The van der Waals surface area contributed by atoms with E-state index in [9.17, 15) is 53.9 Å². The average Bonchev–Trinajstić information content (AvgIpc) is 3.24. The van der Waals surface area contributed by atoms with Crippen molar-refractivity contribution >= 4 is 35.8 Å². The van der Waals surface area contributed by atoms with Crippen LogP contribution in [0.5, 0.6) is 0 Å². The SMILES string of the molecule is CC1(C)CCCCCCCCC(=O)OCC[NH2+]C(C)(C)CCCCCCCCC(=O)OCC[NH2+]C(C)(C)CCCCCCCCC(=O)OCC[NH2+]1.O=C([O-])C(F)(F)F.O=C([O-])C(F)(F)F.O=C([O-])C(F)(F)F. The van der Waals surface area contributed by atoms with E-state index in [1.165, 1.54) is 77.0 Å². The lowest BCUT2D eigenvalue weighted by Crippen LogP contribution is -2.95. The number of ether oxygens (including phenoxy) is 3. The molecule has 6 N–H and O–H groups in total. The molecule has 0 aromatic rings. The van der Waals surface area contributed by atoms with Gasteiger partial charge in [0.2, 0.25) is 0 Å². The molecule has 0 unspecified atom stereocenters. The number of carbonyl (C=O) groups excluding carboxylic acids is 6. The number of carbonyl (C=O) groups is 6. The monoisotopic (exact) mass is 1070 g/mol. The largest absolute Gasteiger partial charge is 0.542 e. The van der Waals surface area contributed by atoms with Crippen molar-refractivity contribution < 1.29 is 114 Å². The molecule has 1 aliphatic rings. The van der Waals surface area contributed by atoms with Gasteiger partial charge in [-0.2, -0.15) is 39.5 Å². The van der Waals surface area contributed by atoms with E-state index < -0.39 is 36.4 Å². The molecule has 0 amide bonds. The maximum Gasteiger partial charge on any atom is 0.430 e. The molecule has 24 heteroatoms. The summed E-state index contributed by atoms with van der Waals surface area (Å²) in [6.07, 6.45) is 9.79. The number of carboxylic acids is 3. The molecule has 1 fully saturated rings. The van der Waals surface area contributed by atoms with Crippen molar-refractivity contribution in [3.8, 4) is 0 Å². The van der Waals surface area contributed by atoms with Gasteiger partial charge < -0.3 is 59.9 Å². The molecular weight excluding hydrogens is 982 g/mol. The van der Waals surface area contributed by atoms with Gasteiger partial charge in [-0.25, -0.2) is 0 Å². The minimum atomic E-state index is -5.19. The van der Waals surface area contributed by atoms with E-state index in [4.69, 9.17) is 43.9 Å². The number of quaternary nitrogens is 3. The zero-order chi connectivity index (χ0) is 55.9. The molecule has 0 aromatic heterocycles. The highest BCUT2D eigenvalue weighted by Crippen LogP contribution is 2.17. The summed E-state index contributed by atoms with van der Waals surface area (Å²) in [4.78, 5) is 62.9. The summed E-state index contributed by atoms with van der Waals surface area (Å²) in [5, 5.41) is 33.3. The summed E-state index contributed by atoms with van der Waals surface area (Å²) in [6, 6.07) is 0. The van der Waals surface area contributed by atoms with E-state index in [1.54, 1.807) is 0 Å². The van der Waals surface area contributed by atoms with E-state index in [0.717, 1.165) is 77.4 Å². The molecule has 426 valence electrons. The van der Waals surface area contributed by atoms with Crippen molar-refractivity contribution in [3.05, 3.63) is 0 Å². The molecule has 15 nitrogen and oxygen atoms in total. The zero-order valence-electron chi connectivity index (χ0n) is 43.2. The van der Waals surface area contributed by atoms with Crippen LogP contribution in [0.2, 0.25) is 0 Å². The maximum absolute atomic E-state index is 12.2. The van der Waals surface area contributed by atoms with Crippen LogP contribution in [0.3, 0.4) is 0 Å². The van der Waals surface area contributed by atoms with Gasteiger partial charge in [0, 0.05) is 38.5 Å². The Hall–Kier alpha value is -3.93. The highest BCUT2D eigenvalue weighted by Gasteiger charge is 2.30. The van der Waals surface area contributed by atoms with Crippen LogP contribution in [0.1, 0.15) is 196 Å². The van der Waals surface area contributed by atoms with E-state index >= 15 is 0 Å². The zero-order valence-corrected chi connectivity index (χ0v) is 43.2. The third-order valence-corrected chi connectivity index (χ3v) is 11.3. The predicted molar refractivity (Wildman–Crippen MR) is 239 cm³/mol. The standard InChI is InChI=1S/C42H81N3O6.3C2HF3O2/c1-40(2)28-22-16-10-7-13-19-26-38(47)50-35-32-44-42(5,6)30-24-18-12-9-15-21-27-39(48)51-36-33-45-41(3,4)29-23-17-11-8-14-20-25-37(46)49-34-31-43-40;3*3-2(4,5)1(6)7/h43-45H,7-36H2,1-6H3;3*(H,6,7). The number of nitrogens with two attached hydrogens (primary N) is 3. The third kappa shape index (κ3) is 51.0. The molecular formula is C48H84F9N3O12. The molecule has 0 radical (unpaired) electrons. The van der Waals surface area contributed by atoms with Crippen LogP contribution < -0.4 is 31.3 Å². The van der Waals surface area contributed by atoms with Crippen LogP contribution in [0.4, 0.5) is 39.5 Å². The van der Waals surface area contributed by atoms with Crippen LogP contribution in [-0.4, -0.2) is 110 Å². The quantitative estimate of drug-likeness (QED) is 0.178. The predicted octanol–water partition coefficient (Wildman–Crippen LogP) is 3.91. The highest BCUT2D eigenvalue weighted by atomic mass is 19.4. The van der Waals surface area contributed by atoms with Crippen molar-refractivity contribution in [2.24, 2.45) is 0 Å². The van der Waals surface area contributed by atoms with E-state index in [2.05, 4.69) is 57.5 Å². The van der Waals surface area contributed by atoms with Gasteiger partial charge in [-0.1, -0.05) is 77.0 Å². The first-order chi connectivity index (χ1) is 33.1. The fraction of sp³-hybridized carbons (Fsp3) is 0.875. The topological polar surface area (TPSA) is 249 Å². The van der Waals surface area contributed by atoms with Gasteiger partial charge in [0.05, 0.1) is 16.6 Å². The van der Waals surface area contributed by atoms with Crippen molar-refractivity contribution in [3.63, 3.8) is 0 Å². The Morgan fingerprint density at radius 3 is 0.722 bits per heavy atom. The summed E-state index contributed by atoms with van der Waals surface area (Å²) < 4.78 is 111. The van der Waals surface area contributed by atoms with Crippen LogP contribution >= 0.6 is 0 Å². The molecule has 1 heterocycles. The first kappa shape index (κ1) is 72.3. The third-order valence-electron chi connectivity index (χ3n) is 11.3. The molecule has 1 saturated heterocycles. The number of rotatable bonds is 0. The molecule has 0 aliphatic carbocycles. The molecule has 0 aromatic carbocycles. The number of esters is 3. The van der Waals surface area contributed by atoms with E-state index in [-0.39, 0.29) is 34.5 Å². The summed E-state index contributed by atoms with van der Waals surface area (Å²) in [5.74, 6) is -9.21. The number of cyclic esters (lactones) is 3. The van der Waals surface area contributed by atoms with Gasteiger partial charge >= 0.3 is 36.4 Å². The fourth-order valence-corrected chi connectivity index (χ4v) is 7.06. The second kappa shape index (κ2) is 39.5. The van der Waals surface area contributed by atoms with Gasteiger partial charge in [0.1, 0.15) is 57.4 Å². The molecule has 0 bridgehead atoms. The van der Waals surface area contributed by atoms with Gasteiger partial charge in [0.15, 0.2) is 0 Å². The van der Waals surface area contributed by atoms with Gasteiger partial charge in [-0.15, -0.1) is 0 Å². The Balaban J connectivity index is -0.00000187. The van der Waals surface area contributed by atoms with Gasteiger partial charge in [-0.3, -0.25) is 14.4 Å². The molecule has 1 aliphatic heterocycles. The van der Waals surface area contributed by atoms with Crippen molar-refractivity contribution in [1.29, 1.82) is 0 Å². The van der Waals surface area contributed by atoms with E-state index in [1.807, 2.05) is 0 Å². The number of aliphatic carboxylic acids is 3. The van der Waals surface area contributed by atoms with Gasteiger partial charge in [0.25, 0.3) is 0 Å². The van der Waals surface area contributed by atoms with Crippen LogP contribution in [0.15, 0.2) is 0 Å². The lowest BCUT2D eigenvalue weighted by Gasteiger charge is -2.23. The first-order valence-electron chi connectivity index (χ1n) is 25.0. The summed E-state index contributed by atoms with van der Waals surface area (Å²) in [6.45, 7) is 17.5. The summed E-state index contributed by atoms with van der Waals surface area (Å²) in [5.41, 5.74) is 0.449. The highest BCUT2D eigenvalue weighted by molar-refractivity contribution is 5.71. The second-order valence-corrected chi connectivity index (χ2v) is 19.8. The number of halogens is 9. The number of hydrogen-bond donors (Lipinski definition) is 3. The lowest BCUT2D eigenvalue weighted by atomic mass is 9.96. The van der Waals surface area contributed by atoms with Crippen molar-refractivity contribution in [1.82, 2.24) is 0 Å². The minimum absolute atomic E-state index is 0.0641. The van der Waals surface area contributed by atoms with Crippen molar-refractivity contribution in [2.45, 2.75) is 231 Å². The Labute approximate surface area is 419 Å². The normalized spacial score (nSPS) is 20.8. The second-order valence-electron chi connectivity index (χ2n) is 19.8. The number of carboxylic acid groups (broad SMARTS) is 3. The van der Waals surface area contributed by atoms with Crippen LogP contribution in [0.25, 0.3) is 0 Å². The Morgan fingerprint density at radius 2 is 0.542 bits per heavy atom. The Bertz CT molecular complexity index is 1320. The van der Waals surface area contributed by atoms with Crippen LogP contribution in [-0.2, 0) is 43.0 Å². The smallest absolute Gasteiger partial charge is 0.430 e. The van der Waals surface area contributed by atoms with Gasteiger partial charge in [-0.05, 0) is 80.1 Å². The Morgan fingerprint density at radius 1 is 0.375 bits per heavy atom. The molecule has 1 rings (SSSR count). The molecule has 72 heavy (non-hydrogen) atoms. The molecule has 0 saturated carbocycles. The average molecular weight is 1070 g/mol. The molecule has 0 spiro atoms. The summed E-state index contributed by atoms with van der Waals surface area (Å²) >= 11 is 0. The fourth-order valence-electron chi connectivity index (χ4n) is 7.06. The van der Waals surface area contributed by atoms with E-state index in [0.29, 0.717) is 39.1 Å². The summed E-state index contributed by atoms with van der Waals surface area (Å²) in [7, 11) is 0. The Kier molecular flexibility index (Phi) is 39.7. The first-order valence-corrected chi connectivity index (χ1v) is 25.0. The number of hydrogen-bond acceptors (Lipinski definition) is 12. The molecule has 0 atom stereocenters. The minimum Gasteiger partial charge on any atom is -0.542 e. The maximum atomic E-state index is 12.2. The number of alkyl halides is 9. The van der Waals surface area contributed by atoms with Crippen LogP contribution in [0, 0.1) is 0 Å². The van der Waals surface area contributed by atoms with Crippen molar-refractivity contribution in [2.75, 3.05) is 39.5 Å².